The van der Waals surface area contributed by atoms with Crippen LogP contribution in [0.5, 0.6) is 5.75 Å². The lowest BCUT2D eigenvalue weighted by Crippen LogP contribution is -2.40. The number of benzene rings is 2. The fraction of sp³-hybridized carbons (Fsp3) is 0.333. The highest BCUT2D eigenvalue weighted by Crippen LogP contribution is 2.29. The number of carbonyl (C=O) groups excluding carboxylic acids is 1. The first-order valence-electron chi connectivity index (χ1n) is 9.89. The van der Waals surface area contributed by atoms with Crippen molar-refractivity contribution in [3.05, 3.63) is 53.1 Å². The molecule has 2 aromatic carbocycles. The van der Waals surface area contributed by atoms with Gasteiger partial charge >= 0.3 is 0 Å². The number of sulfonamides is 1. The smallest absolute Gasteiger partial charge is 0.266 e. The second-order valence-corrected chi connectivity index (χ2v) is 10.0. The predicted molar refractivity (Wildman–Crippen MR) is 116 cm³/mol. The van der Waals surface area contributed by atoms with Crippen LogP contribution in [0, 0.1) is 5.82 Å². The molecule has 10 heteroatoms. The van der Waals surface area contributed by atoms with Crippen LogP contribution in [0.15, 0.2) is 52.4 Å². The van der Waals surface area contributed by atoms with Crippen molar-refractivity contribution in [1.29, 1.82) is 0 Å². The molecule has 1 aliphatic rings. The summed E-state index contributed by atoms with van der Waals surface area (Å²) in [5, 5.41) is 0. The number of hydrogen-bond acceptors (Lipinski definition) is 5. The molecule has 7 nitrogen and oxygen atoms in total. The average molecular weight is 464 g/mol. The molecule has 0 bridgehead atoms. The van der Waals surface area contributed by atoms with Crippen molar-refractivity contribution in [2.45, 2.75) is 37.2 Å². The number of halogens is 1. The Morgan fingerprint density at radius 2 is 2.00 bits per heavy atom. The van der Waals surface area contributed by atoms with Crippen molar-refractivity contribution in [2.75, 3.05) is 13.7 Å². The maximum atomic E-state index is 13.2. The summed E-state index contributed by atoms with van der Waals surface area (Å²) in [5.41, 5.74) is 0.853. The van der Waals surface area contributed by atoms with Crippen LogP contribution >= 0.6 is 11.3 Å². The molecule has 0 radical (unpaired) electrons. The van der Waals surface area contributed by atoms with E-state index < -0.39 is 27.8 Å². The highest BCUT2D eigenvalue weighted by atomic mass is 32.2. The van der Waals surface area contributed by atoms with Crippen molar-refractivity contribution in [3.63, 3.8) is 0 Å². The lowest BCUT2D eigenvalue weighted by atomic mass is 10.2. The zero-order valence-electron chi connectivity index (χ0n) is 17.1. The lowest BCUT2D eigenvalue weighted by molar-refractivity contribution is -0.121. The standard InChI is InChI=1S/C21H22FN3O4S2/c1-3-24-19-17(29-2)7-4-8-18(19)30-21(24)23-20(26)16-6-5-13-25(16)31(27,28)15-11-9-14(22)10-12-15/h4,7-12,16H,3,5-6,13H2,1-2H3. The second-order valence-electron chi connectivity index (χ2n) is 7.11. The average Bonchev–Trinajstić information content (AvgIpc) is 3.39. The van der Waals surface area contributed by atoms with E-state index in [1.165, 1.54) is 27.8 Å². The van der Waals surface area contributed by atoms with E-state index in [0.717, 1.165) is 22.3 Å². The number of aryl methyl sites for hydroxylation is 1. The van der Waals surface area contributed by atoms with Gasteiger partial charge in [0.25, 0.3) is 5.91 Å². The zero-order valence-corrected chi connectivity index (χ0v) is 18.7. The molecular weight excluding hydrogens is 441 g/mol. The summed E-state index contributed by atoms with van der Waals surface area (Å²) < 4.78 is 48.8. The Morgan fingerprint density at radius 1 is 1.26 bits per heavy atom. The van der Waals surface area contributed by atoms with Crippen molar-refractivity contribution < 1.29 is 22.3 Å². The number of methoxy groups -OCH3 is 1. The number of nitrogens with zero attached hydrogens (tertiary/aromatic N) is 3. The van der Waals surface area contributed by atoms with Gasteiger partial charge in [0.2, 0.25) is 10.0 Å². The number of aromatic nitrogens is 1. The Morgan fingerprint density at radius 3 is 2.68 bits per heavy atom. The molecule has 2 heterocycles. The van der Waals surface area contributed by atoms with E-state index in [2.05, 4.69) is 4.99 Å². The lowest BCUT2D eigenvalue weighted by Gasteiger charge is -2.21. The molecule has 1 atom stereocenters. The Kier molecular flexibility index (Phi) is 5.96. The summed E-state index contributed by atoms with van der Waals surface area (Å²) in [6.07, 6.45) is 0.948. The summed E-state index contributed by atoms with van der Waals surface area (Å²) in [7, 11) is -2.34. The van der Waals surface area contributed by atoms with Gasteiger partial charge in [0.05, 0.1) is 16.7 Å². The van der Waals surface area contributed by atoms with Gasteiger partial charge in [0, 0.05) is 13.1 Å². The molecule has 1 fully saturated rings. The van der Waals surface area contributed by atoms with Gasteiger partial charge in [-0.25, -0.2) is 12.8 Å². The van der Waals surface area contributed by atoms with Crippen molar-refractivity contribution in [2.24, 2.45) is 4.99 Å². The van der Waals surface area contributed by atoms with Gasteiger partial charge < -0.3 is 9.30 Å². The normalized spacial score (nSPS) is 18.0. The van der Waals surface area contributed by atoms with E-state index in [0.29, 0.717) is 29.9 Å². The number of carbonyl (C=O) groups is 1. The Labute approximate surface area is 183 Å². The molecule has 164 valence electrons. The summed E-state index contributed by atoms with van der Waals surface area (Å²) in [5.74, 6) is -0.339. The highest BCUT2D eigenvalue weighted by Gasteiger charge is 2.39. The fourth-order valence-corrected chi connectivity index (χ4v) is 6.59. The Balaban J connectivity index is 1.73. The maximum Gasteiger partial charge on any atom is 0.266 e. The summed E-state index contributed by atoms with van der Waals surface area (Å²) in [6, 6.07) is 9.39. The zero-order chi connectivity index (χ0) is 22.2. The van der Waals surface area contributed by atoms with E-state index in [9.17, 15) is 17.6 Å². The summed E-state index contributed by atoms with van der Waals surface area (Å²) >= 11 is 1.36. The molecule has 0 aliphatic carbocycles. The SMILES string of the molecule is CCn1c(=NC(=O)C2CCCN2S(=O)(=O)c2ccc(F)cc2)sc2cccc(OC)c21. The van der Waals surface area contributed by atoms with E-state index >= 15 is 0 Å². The molecule has 31 heavy (non-hydrogen) atoms. The van der Waals surface area contributed by atoms with Gasteiger partial charge in [-0.2, -0.15) is 9.30 Å². The number of rotatable bonds is 5. The number of para-hydroxylation sites is 1. The maximum absolute atomic E-state index is 13.2. The molecule has 1 aliphatic heterocycles. The second kappa shape index (κ2) is 8.52. The molecule has 4 rings (SSSR count). The first-order valence-corrected chi connectivity index (χ1v) is 12.1. The van der Waals surface area contributed by atoms with Gasteiger partial charge in [0.15, 0.2) is 4.80 Å². The van der Waals surface area contributed by atoms with Crippen LogP contribution in [0.4, 0.5) is 4.39 Å². The quantitative estimate of drug-likeness (QED) is 0.582. The van der Waals surface area contributed by atoms with E-state index in [1.807, 2.05) is 29.7 Å². The van der Waals surface area contributed by atoms with E-state index in [1.54, 1.807) is 7.11 Å². The van der Waals surface area contributed by atoms with Gasteiger partial charge in [-0.3, -0.25) is 4.79 Å². The molecular formula is C21H22FN3O4S2. The minimum Gasteiger partial charge on any atom is -0.495 e. The highest BCUT2D eigenvalue weighted by molar-refractivity contribution is 7.89. The molecule has 1 unspecified atom stereocenters. The molecule has 0 spiro atoms. The van der Waals surface area contributed by atoms with Crippen molar-refractivity contribution in [1.82, 2.24) is 8.87 Å². The van der Waals surface area contributed by atoms with E-state index in [4.69, 9.17) is 4.74 Å². The Bertz CT molecular complexity index is 1300. The van der Waals surface area contributed by atoms with Crippen molar-refractivity contribution >= 4 is 37.5 Å². The molecule has 1 saturated heterocycles. The number of ether oxygens (including phenoxy) is 1. The first-order chi connectivity index (χ1) is 14.9. The van der Waals surface area contributed by atoms with Gasteiger partial charge in [0.1, 0.15) is 23.1 Å². The van der Waals surface area contributed by atoms with Crippen LogP contribution in [0.1, 0.15) is 19.8 Å². The van der Waals surface area contributed by atoms with Gasteiger partial charge in [-0.15, -0.1) is 0 Å². The van der Waals surface area contributed by atoms with Gasteiger partial charge in [-0.1, -0.05) is 17.4 Å². The number of hydrogen-bond donors (Lipinski definition) is 0. The molecule has 0 saturated carbocycles. The Hall–Kier alpha value is -2.56. The van der Waals surface area contributed by atoms with Crippen LogP contribution in [0.3, 0.4) is 0 Å². The van der Waals surface area contributed by atoms with Crippen molar-refractivity contribution in [3.8, 4) is 5.75 Å². The third kappa shape index (κ3) is 3.90. The predicted octanol–water partition coefficient (Wildman–Crippen LogP) is 3.15. The molecule has 3 aromatic rings. The number of fused-ring (bicyclic) bond motifs is 1. The largest absolute Gasteiger partial charge is 0.495 e. The summed E-state index contributed by atoms with van der Waals surface area (Å²) in [4.78, 5) is 17.9. The minimum absolute atomic E-state index is 0.0381. The van der Waals surface area contributed by atoms with E-state index in [-0.39, 0.29) is 11.4 Å². The molecule has 1 aromatic heterocycles. The fourth-order valence-electron chi connectivity index (χ4n) is 3.83. The van der Waals surface area contributed by atoms with Crippen LogP contribution < -0.4 is 9.54 Å². The van der Waals surface area contributed by atoms with Gasteiger partial charge in [-0.05, 0) is 56.2 Å². The number of amides is 1. The first kappa shape index (κ1) is 21.7. The van der Waals surface area contributed by atoms with Crippen LogP contribution in [-0.2, 0) is 21.4 Å². The molecule has 0 N–H and O–H groups in total. The van der Waals surface area contributed by atoms with Crippen LogP contribution in [0.2, 0.25) is 0 Å². The third-order valence-electron chi connectivity index (χ3n) is 5.32. The monoisotopic (exact) mass is 463 g/mol. The molecule has 1 amide bonds. The number of thiazole rings is 1. The van der Waals surface area contributed by atoms with Crippen LogP contribution in [-0.4, -0.2) is 42.9 Å². The summed E-state index contributed by atoms with van der Waals surface area (Å²) in [6.45, 7) is 2.75. The minimum atomic E-state index is -3.93. The topological polar surface area (TPSA) is 81.0 Å². The third-order valence-corrected chi connectivity index (χ3v) is 8.28. The van der Waals surface area contributed by atoms with Crippen LogP contribution in [0.25, 0.3) is 10.2 Å².